The molecule has 0 fully saturated rings. The lowest BCUT2D eigenvalue weighted by atomic mass is 10.0. The number of pyridine rings is 1. The summed E-state index contributed by atoms with van der Waals surface area (Å²) in [5, 5.41) is 6.59. The van der Waals surface area contributed by atoms with E-state index in [1.807, 2.05) is 44.2 Å². The van der Waals surface area contributed by atoms with Gasteiger partial charge < -0.3 is 20.1 Å². The summed E-state index contributed by atoms with van der Waals surface area (Å²) >= 11 is 0. The van der Waals surface area contributed by atoms with Crippen LogP contribution in [0.25, 0.3) is 10.9 Å². The average molecular weight is 407 g/mol. The van der Waals surface area contributed by atoms with Crippen LogP contribution >= 0.6 is 0 Å². The maximum Gasteiger partial charge on any atom is 0.252 e. The van der Waals surface area contributed by atoms with Gasteiger partial charge in [-0.15, -0.1) is 0 Å². The summed E-state index contributed by atoms with van der Waals surface area (Å²) in [6, 6.07) is 15.4. The Morgan fingerprint density at radius 3 is 2.23 bits per heavy atom. The molecule has 0 aliphatic carbocycles. The minimum atomic E-state index is -0.747. The third-order valence-electron chi connectivity index (χ3n) is 4.70. The Bertz CT molecular complexity index is 1040. The molecule has 0 aliphatic heterocycles. The van der Waals surface area contributed by atoms with E-state index in [9.17, 15) is 9.59 Å². The number of carbonyl (C=O) groups is 2. The highest BCUT2D eigenvalue weighted by atomic mass is 16.5. The van der Waals surface area contributed by atoms with Crippen molar-refractivity contribution in [3.8, 4) is 11.5 Å². The molecule has 2 aromatic carbocycles. The van der Waals surface area contributed by atoms with Crippen LogP contribution in [0.5, 0.6) is 11.5 Å². The molecule has 7 nitrogen and oxygen atoms in total. The molecule has 1 aromatic heterocycles. The van der Waals surface area contributed by atoms with E-state index in [0.717, 1.165) is 10.9 Å². The lowest BCUT2D eigenvalue weighted by Crippen LogP contribution is -2.47. The van der Waals surface area contributed by atoms with Crippen molar-refractivity contribution in [2.24, 2.45) is 5.92 Å². The molecule has 0 bridgehead atoms. The third kappa shape index (κ3) is 4.86. The summed E-state index contributed by atoms with van der Waals surface area (Å²) < 4.78 is 10.4. The Morgan fingerprint density at radius 2 is 1.60 bits per heavy atom. The van der Waals surface area contributed by atoms with Gasteiger partial charge >= 0.3 is 0 Å². The number of para-hydroxylation sites is 1. The van der Waals surface area contributed by atoms with Gasteiger partial charge in [0.25, 0.3) is 5.91 Å². The summed E-state index contributed by atoms with van der Waals surface area (Å²) in [4.78, 5) is 30.2. The van der Waals surface area contributed by atoms with Gasteiger partial charge in [-0.05, 0) is 36.2 Å². The van der Waals surface area contributed by atoms with E-state index in [1.165, 1.54) is 14.2 Å². The quantitative estimate of drug-likeness (QED) is 0.624. The zero-order chi connectivity index (χ0) is 21.7. The lowest BCUT2D eigenvalue weighted by molar-refractivity contribution is -0.118. The molecule has 0 radical (unpaired) electrons. The van der Waals surface area contributed by atoms with Crippen molar-refractivity contribution in [1.29, 1.82) is 0 Å². The van der Waals surface area contributed by atoms with E-state index in [2.05, 4.69) is 15.6 Å². The van der Waals surface area contributed by atoms with Gasteiger partial charge in [0.2, 0.25) is 5.91 Å². The van der Waals surface area contributed by atoms with Gasteiger partial charge in [-0.25, -0.2) is 4.98 Å². The number of carbonyl (C=O) groups excluding carboxylic acids is 2. The first kappa shape index (κ1) is 21.1. The van der Waals surface area contributed by atoms with Crippen molar-refractivity contribution in [2.45, 2.75) is 19.9 Å². The minimum absolute atomic E-state index is 0.137. The van der Waals surface area contributed by atoms with Gasteiger partial charge in [-0.2, -0.15) is 0 Å². The first-order chi connectivity index (χ1) is 14.4. The Kier molecular flexibility index (Phi) is 6.51. The van der Waals surface area contributed by atoms with Gasteiger partial charge in [0.05, 0.1) is 19.7 Å². The normalized spacial score (nSPS) is 11.8. The first-order valence-electron chi connectivity index (χ1n) is 9.62. The number of benzene rings is 2. The standard InChI is InChI=1S/C23H25N3O4/c1-14(2)21(26-22(27)16-11-17(29-3)13-18(12-16)30-4)23(28)25-20-10-9-15-7-5-6-8-19(15)24-20/h5-14,21H,1-4H3,(H,26,27)(H,24,25,28)/t21-/m1/s1. The highest BCUT2D eigenvalue weighted by Gasteiger charge is 2.25. The van der Waals surface area contributed by atoms with Gasteiger partial charge in [0.1, 0.15) is 23.4 Å². The van der Waals surface area contributed by atoms with Crippen LogP contribution < -0.4 is 20.1 Å². The number of ether oxygens (including phenoxy) is 2. The Hall–Kier alpha value is -3.61. The van der Waals surface area contributed by atoms with Gasteiger partial charge in [0.15, 0.2) is 0 Å². The molecule has 156 valence electrons. The summed E-state index contributed by atoms with van der Waals surface area (Å²) in [6.45, 7) is 3.73. The fourth-order valence-electron chi connectivity index (χ4n) is 3.04. The number of aromatic nitrogens is 1. The third-order valence-corrected chi connectivity index (χ3v) is 4.70. The predicted molar refractivity (Wildman–Crippen MR) is 116 cm³/mol. The van der Waals surface area contributed by atoms with Crippen molar-refractivity contribution in [3.05, 3.63) is 60.2 Å². The molecule has 0 saturated carbocycles. The fourth-order valence-corrected chi connectivity index (χ4v) is 3.04. The van der Waals surface area contributed by atoms with Gasteiger partial charge in [-0.1, -0.05) is 32.0 Å². The number of rotatable bonds is 7. The SMILES string of the molecule is COc1cc(OC)cc(C(=O)N[C@@H](C(=O)Nc2ccc3ccccc3n2)C(C)C)c1. The topological polar surface area (TPSA) is 89.5 Å². The number of hydrogen-bond acceptors (Lipinski definition) is 5. The molecule has 30 heavy (non-hydrogen) atoms. The highest BCUT2D eigenvalue weighted by Crippen LogP contribution is 2.23. The largest absolute Gasteiger partial charge is 0.497 e. The molecular formula is C23H25N3O4. The number of nitrogens with one attached hydrogen (secondary N) is 2. The fraction of sp³-hybridized carbons (Fsp3) is 0.261. The van der Waals surface area contributed by atoms with E-state index in [0.29, 0.717) is 22.9 Å². The molecule has 0 spiro atoms. The number of fused-ring (bicyclic) bond motifs is 1. The zero-order valence-corrected chi connectivity index (χ0v) is 17.4. The summed E-state index contributed by atoms with van der Waals surface area (Å²) in [5.74, 6) is 0.544. The molecule has 1 atom stereocenters. The maximum atomic E-state index is 12.9. The van der Waals surface area contributed by atoms with E-state index in [-0.39, 0.29) is 11.8 Å². The second-order valence-corrected chi connectivity index (χ2v) is 7.17. The van der Waals surface area contributed by atoms with Crippen molar-refractivity contribution in [3.63, 3.8) is 0 Å². The van der Waals surface area contributed by atoms with E-state index < -0.39 is 11.9 Å². The van der Waals surface area contributed by atoms with Gasteiger partial charge in [0, 0.05) is 17.0 Å². The van der Waals surface area contributed by atoms with Crippen molar-refractivity contribution in [1.82, 2.24) is 10.3 Å². The maximum absolute atomic E-state index is 12.9. The molecule has 0 unspecified atom stereocenters. The Balaban J connectivity index is 1.77. The molecule has 2 N–H and O–H groups in total. The second-order valence-electron chi connectivity index (χ2n) is 7.17. The van der Waals surface area contributed by atoms with Crippen LogP contribution in [0.2, 0.25) is 0 Å². The van der Waals surface area contributed by atoms with E-state index in [1.54, 1.807) is 24.3 Å². The molecule has 3 rings (SSSR count). The molecule has 1 heterocycles. The zero-order valence-electron chi connectivity index (χ0n) is 17.4. The minimum Gasteiger partial charge on any atom is -0.497 e. The van der Waals surface area contributed by atoms with Crippen LogP contribution in [-0.4, -0.2) is 37.1 Å². The number of anilines is 1. The Labute approximate surface area is 175 Å². The Morgan fingerprint density at radius 1 is 0.933 bits per heavy atom. The van der Waals surface area contributed by atoms with Crippen molar-refractivity contribution in [2.75, 3.05) is 19.5 Å². The van der Waals surface area contributed by atoms with Crippen LogP contribution in [0.3, 0.4) is 0 Å². The molecule has 7 heteroatoms. The molecule has 0 saturated heterocycles. The molecule has 2 amide bonds. The molecular weight excluding hydrogens is 382 g/mol. The predicted octanol–water partition coefficient (Wildman–Crippen LogP) is 3.65. The van der Waals surface area contributed by atoms with Crippen LogP contribution in [0.4, 0.5) is 5.82 Å². The van der Waals surface area contributed by atoms with E-state index in [4.69, 9.17) is 9.47 Å². The summed E-state index contributed by atoms with van der Waals surface area (Å²) in [5.41, 5.74) is 1.12. The van der Waals surface area contributed by atoms with Crippen LogP contribution in [0.1, 0.15) is 24.2 Å². The highest BCUT2D eigenvalue weighted by molar-refractivity contribution is 6.01. The number of methoxy groups -OCH3 is 2. The van der Waals surface area contributed by atoms with Crippen LogP contribution in [0, 0.1) is 5.92 Å². The average Bonchev–Trinajstić information content (AvgIpc) is 2.76. The van der Waals surface area contributed by atoms with Gasteiger partial charge in [-0.3, -0.25) is 9.59 Å². The van der Waals surface area contributed by atoms with Crippen molar-refractivity contribution >= 4 is 28.5 Å². The number of nitrogens with zero attached hydrogens (tertiary/aromatic N) is 1. The smallest absolute Gasteiger partial charge is 0.252 e. The second kappa shape index (κ2) is 9.26. The lowest BCUT2D eigenvalue weighted by Gasteiger charge is -2.22. The summed E-state index contributed by atoms with van der Waals surface area (Å²) in [6.07, 6.45) is 0. The monoisotopic (exact) mass is 407 g/mol. The van der Waals surface area contributed by atoms with Crippen LogP contribution in [-0.2, 0) is 4.79 Å². The van der Waals surface area contributed by atoms with Crippen LogP contribution in [0.15, 0.2) is 54.6 Å². The molecule has 0 aliphatic rings. The first-order valence-corrected chi connectivity index (χ1v) is 9.62. The number of amides is 2. The van der Waals surface area contributed by atoms with E-state index >= 15 is 0 Å². The molecule has 3 aromatic rings. The van der Waals surface area contributed by atoms with Crippen molar-refractivity contribution < 1.29 is 19.1 Å². The number of hydrogen-bond donors (Lipinski definition) is 2. The summed E-state index contributed by atoms with van der Waals surface area (Å²) in [7, 11) is 3.02.